The van der Waals surface area contributed by atoms with E-state index < -0.39 is 0 Å². The molecule has 14 heavy (non-hydrogen) atoms. The van der Waals surface area contributed by atoms with Gasteiger partial charge in [0.05, 0.1) is 5.56 Å². The second-order valence-corrected chi connectivity index (χ2v) is 3.09. The molecule has 0 bridgehead atoms. The van der Waals surface area contributed by atoms with Gasteiger partial charge in [-0.15, -0.1) is 0 Å². The van der Waals surface area contributed by atoms with Crippen molar-refractivity contribution in [2.24, 2.45) is 0 Å². The molecule has 0 aliphatic carbocycles. The lowest BCUT2D eigenvalue weighted by Gasteiger charge is -2.03. The number of aryl methyl sites for hydroxylation is 1. The van der Waals surface area contributed by atoms with E-state index in [2.05, 4.69) is 4.98 Å². The minimum atomic E-state index is -0.338. The summed E-state index contributed by atoms with van der Waals surface area (Å²) in [5.41, 5.74) is 1.31. The van der Waals surface area contributed by atoms with Gasteiger partial charge in [0.2, 0.25) is 0 Å². The number of nitriles is 1. The summed E-state index contributed by atoms with van der Waals surface area (Å²) in [5.74, 6) is -0.338. The Morgan fingerprint density at radius 2 is 2.14 bits per heavy atom. The van der Waals surface area contributed by atoms with Crippen LogP contribution in [0.15, 0.2) is 24.5 Å². The van der Waals surface area contributed by atoms with Gasteiger partial charge in [0.25, 0.3) is 0 Å². The van der Waals surface area contributed by atoms with Gasteiger partial charge in [-0.25, -0.2) is 4.39 Å². The predicted molar refractivity (Wildman–Crippen MR) is 51.2 cm³/mol. The summed E-state index contributed by atoms with van der Waals surface area (Å²) < 4.78 is 13.3. The molecule has 0 radical (unpaired) electrons. The van der Waals surface area contributed by atoms with Crippen molar-refractivity contribution in [1.29, 1.82) is 5.26 Å². The zero-order valence-electron chi connectivity index (χ0n) is 7.58. The maximum Gasteiger partial charge on any atom is 0.132 e. The molecule has 0 N–H and O–H groups in total. The highest BCUT2D eigenvalue weighted by molar-refractivity contribution is 5.90. The van der Waals surface area contributed by atoms with Crippen LogP contribution in [-0.2, 0) is 0 Å². The Morgan fingerprint density at radius 3 is 2.86 bits per heavy atom. The number of hydrogen-bond donors (Lipinski definition) is 0. The Morgan fingerprint density at radius 1 is 1.36 bits per heavy atom. The van der Waals surface area contributed by atoms with E-state index in [-0.39, 0.29) is 5.82 Å². The fourth-order valence-corrected chi connectivity index (χ4v) is 1.52. The van der Waals surface area contributed by atoms with Crippen LogP contribution in [0, 0.1) is 24.1 Å². The van der Waals surface area contributed by atoms with Gasteiger partial charge in [-0.05, 0) is 18.6 Å². The molecule has 1 aromatic carbocycles. The van der Waals surface area contributed by atoms with Gasteiger partial charge in [0.15, 0.2) is 0 Å². The van der Waals surface area contributed by atoms with Crippen LogP contribution in [0.5, 0.6) is 0 Å². The summed E-state index contributed by atoms with van der Waals surface area (Å²) in [4.78, 5) is 3.82. The second-order valence-electron chi connectivity index (χ2n) is 3.09. The maximum absolute atomic E-state index is 13.3. The van der Waals surface area contributed by atoms with Crippen molar-refractivity contribution in [2.75, 3.05) is 0 Å². The zero-order valence-corrected chi connectivity index (χ0v) is 7.58. The first-order valence-electron chi connectivity index (χ1n) is 4.17. The molecule has 0 fully saturated rings. The maximum atomic E-state index is 13.3. The SMILES string of the molecule is Cc1ccc(F)c2cncc(C#N)c12. The topological polar surface area (TPSA) is 36.7 Å². The van der Waals surface area contributed by atoms with Gasteiger partial charge in [-0.3, -0.25) is 4.98 Å². The molecule has 2 aromatic rings. The fraction of sp³-hybridized carbons (Fsp3) is 0.0909. The van der Waals surface area contributed by atoms with Crippen LogP contribution in [0.3, 0.4) is 0 Å². The molecular weight excluding hydrogens is 179 g/mol. The Hall–Kier alpha value is -1.95. The average molecular weight is 186 g/mol. The van der Waals surface area contributed by atoms with Crippen molar-refractivity contribution in [1.82, 2.24) is 4.98 Å². The molecule has 0 amide bonds. The summed E-state index contributed by atoms with van der Waals surface area (Å²) in [6, 6.07) is 5.06. The summed E-state index contributed by atoms with van der Waals surface area (Å²) in [6.45, 7) is 1.85. The Labute approximate surface area is 80.6 Å². The Kier molecular flexibility index (Phi) is 1.90. The highest BCUT2D eigenvalue weighted by Gasteiger charge is 2.07. The Balaban J connectivity index is 3.01. The average Bonchev–Trinajstić information content (AvgIpc) is 2.23. The molecule has 2 rings (SSSR count). The van der Waals surface area contributed by atoms with Gasteiger partial charge in [0.1, 0.15) is 11.9 Å². The summed E-state index contributed by atoms with van der Waals surface area (Å²) >= 11 is 0. The third-order valence-electron chi connectivity index (χ3n) is 2.20. The quantitative estimate of drug-likeness (QED) is 0.634. The predicted octanol–water partition coefficient (Wildman–Crippen LogP) is 2.55. The first kappa shape index (κ1) is 8.64. The molecule has 0 aliphatic heterocycles. The zero-order chi connectivity index (χ0) is 10.1. The monoisotopic (exact) mass is 186 g/mol. The van der Waals surface area contributed by atoms with Gasteiger partial charge in [-0.2, -0.15) is 5.26 Å². The normalized spacial score (nSPS) is 10.1. The lowest BCUT2D eigenvalue weighted by Crippen LogP contribution is -1.89. The number of aromatic nitrogens is 1. The van der Waals surface area contributed by atoms with E-state index in [0.29, 0.717) is 16.3 Å². The van der Waals surface area contributed by atoms with Gasteiger partial charge >= 0.3 is 0 Å². The van der Waals surface area contributed by atoms with E-state index >= 15 is 0 Å². The largest absolute Gasteiger partial charge is 0.263 e. The van der Waals surface area contributed by atoms with Gasteiger partial charge in [-0.1, -0.05) is 6.07 Å². The van der Waals surface area contributed by atoms with Gasteiger partial charge < -0.3 is 0 Å². The van der Waals surface area contributed by atoms with Crippen molar-refractivity contribution in [3.8, 4) is 6.07 Å². The van der Waals surface area contributed by atoms with E-state index in [1.54, 1.807) is 6.07 Å². The number of pyridine rings is 1. The number of rotatable bonds is 0. The van der Waals surface area contributed by atoms with Crippen molar-refractivity contribution >= 4 is 10.8 Å². The molecule has 0 unspecified atom stereocenters. The van der Waals surface area contributed by atoms with E-state index in [1.807, 2.05) is 13.0 Å². The highest BCUT2D eigenvalue weighted by atomic mass is 19.1. The van der Waals surface area contributed by atoms with Crippen LogP contribution in [-0.4, -0.2) is 4.98 Å². The van der Waals surface area contributed by atoms with Crippen molar-refractivity contribution in [3.05, 3.63) is 41.5 Å². The smallest absolute Gasteiger partial charge is 0.132 e. The number of halogens is 1. The highest BCUT2D eigenvalue weighted by Crippen LogP contribution is 2.23. The lowest BCUT2D eigenvalue weighted by molar-refractivity contribution is 0.639. The third-order valence-corrected chi connectivity index (χ3v) is 2.20. The van der Waals surface area contributed by atoms with Crippen LogP contribution >= 0.6 is 0 Å². The molecule has 68 valence electrons. The molecule has 0 saturated heterocycles. The minimum Gasteiger partial charge on any atom is -0.263 e. The van der Waals surface area contributed by atoms with Crippen LogP contribution in [0.25, 0.3) is 10.8 Å². The van der Waals surface area contributed by atoms with Crippen molar-refractivity contribution < 1.29 is 4.39 Å². The second kappa shape index (κ2) is 3.08. The molecule has 3 heteroatoms. The van der Waals surface area contributed by atoms with Crippen LogP contribution < -0.4 is 0 Å². The standard InChI is InChI=1S/C11H7FN2/c1-7-2-3-10(12)9-6-14-5-8(4-13)11(7)9/h2-3,5-6H,1H3. The summed E-state index contributed by atoms with van der Waals surface area (Å²) in [7, 11) is 0. The molecule has 0 atom stereocenters. The van der Waals surface area contributed by atoms with E-state index in [1.165, 1.54) is 18.5 Å². The molecule has 1 aromatic heterocycles. The first-order valence-corrected chi connectivity index (χ1v) is 4.17. The molecule has 0 aliphatic rings. The fourth-order valence-electron chi connectivity index (χ4n) is 1.52. The molecule has 0 spiro atoms. The molecule has 2 nitrogen and oxygen atoms in total. The van der Waals surface area contributed by atoms with Gasteiger partial charge in [0, 0.05) is 23.2 Å². The summed E-state index contributed by atoms with van der Waals surface area (Å²) in [6.07, 6.45) is 2.90. The lowest BCUT2D eigenvalue weighted by atomic mass is 10.0. The number of fused-ring (bicyclic) bond motifs is 1. The molecule has 0 saturated carbocycles. The van der Waals surface area contributed by atoms with Crippen LogP contribution in [0.4, 0.5) is 4.39 Å². The Bertz CT molecular complexity index is 541. The van der Waals surface area contributed by atoms with Crippen molar-refractivity contribution in [3.63, 3.8) is 0 Å². The molecule has 1 heterocycles. The van der Waals surface area contributed by atoms with E-state index in [4.69, 9.17) is 5.26 Å². The summed E-state index contributed by atoms with van der Waals surface area (Å²) in [5, 5.41) is 9.90. The van der Waals surface area contributed by atoms with E-state index in [9.17, 15) is 4.39 Å². The number of nitrogens with zero attached hydrogens (tertiary/aromatic N) is 2. The third kappa shape index (κ3) is 1.12. The van der Waals surface area contributed by atoms with E-state index in [0.717, 1.165) is 5.56 Å². The minimum absolute atomic E-state index is 0.338. The van der Waals surface area contributed by atoms with Crippen LogP contribution in [0.1, 0.15) is 11.1 Å². The van der Waals surface area contributed by atoms with Crippen molar-refractivity contribution in [2.45, 2.75) is 6.92 Å². The first-order chi connectivity index (χ1) is 6.74. The molecular formula is C11H7FN2. The number of benzene rings is 1. The van der Waals surface area contributed by atoms with Crippen LogP contribution in [0.2, 0.25) is 0 Å². The number of hydrogen-bond acceptors (Lipinski definition) is 2.